The van der Waals surface area contributed by atoms with Gasteiger partial charge in [-0.15, -0.1) is 5.10 Å². The van der Waals surface area contributed by atoms with Crippen molar-refractivity contribution in [3.05, 3.63) is 0 Å². The molecule has 4 N–H and O–H groups in total. The quantitative estimate of drug-likeness (QED) is 0.580. The number of nitrogens with zero attached hydrogens (tertiary/aromatic N) is 7. The molecule has 3 rings (SSSR count). The summed E-state index contributed by atoms with van der Waals surface area (Å²) >= 11 is 0. The molecule has 0 amide bonds. The molecule has 0 aliphatic carbocycles. The molecular formula is C7H7N9O2. The first-order chi connectivity index (χ1) is 8.66. The number of nitrogens with two attached hydrogens (primary N) is 2. The average molecular weight is 249 g/mol. The second-order valence-electron chi connectivity index (χ2n) is 3.38. The van der Waals surface area contributed by atoms with E-state index in [4.69, 9.17) is 11.5 Å². The Morgan fingerprint density at radius 2 is 1.56 bits per heavy atom. The highest BCUT2D eigenvalue weighted by Crippen LogP contribution is 2.24. The van der Waals surface area contributed by atoms with Crippen LogP contribution in [-0.4, -0.2) is 35.4 Å². The minimum absolute atomic E-state index is 0.0957. The highest BCUT2D eigenvalue weighted by atomic mass is 16.6. The summed E-state index contributed by atoms with van der Waals surface area (Å²) in [5, 5.41) is 18.3. The summed E-state index contributed by atoms with van der Waals surface area (Å²) in [4.78, 5) is 4.18. The molecule has 0 saturated heterocycles. The van der Waals surface area contributed by atoms with Crippen molar-refractivity contribution < 1.29 is 9.26 Å². The third kappa shape index (κ3) is 1.37. The molecule has 92 valence electrons. The van der Waals surface area contributed by atoms with Crippen LogP contribution in [0.1, 0.15) is 0 Å². The maximum atomic E-state index is 5.58. The molecule has 0 radical (unpaired) electrons. The zero-order chi connectivity index (χ0) is 12.7. The van der Waals surface area contributed by atoms with Crippen molar-refractivity contribution in [2.24, 2.45) is 7.05 Å². The Morgan fingerprint density at radius 1 is 0.944 bits per heavy atom. The topological polar surface area (TPSA) is 161 Å². The molecule has 0 aromatic carbocycles. The van der Waals surface area contributed by atoms with Crippen LogP contribution in [0.25, 0.3) is 23.0 Å². The van der Waals surface area contributed by atoms with Gasteiger partial charge in [0.05, 0.1) is 0 Å². The smallest absolute Gasteiger partial charge is 0.207 e. The van der Waals surface area contributed by atoms with Crippen LogP contribution < -0.4 is 11.5 Å². The molecule has 3 aromatic rings. The molecule has 11 heteroatoms. The number of aryl methyl sites for hydroxylation is 1. The second kappa shape index (κ2) is 3.51. The van der Waals surface area contributed by atoms with Gasteiger partial charge < -0.3 is 11.5 Å². The van der Waals surface area contributed by atoms with Crippen molar-refractivity contribution in [2.45, 2.75) is 0 Å². The number of hydrogen-bond donors (Lipinski definition) is 2. The molecule has 0 aliphatic rings. The van der Waals surface area contributed by atoms with Crippen LogP contribution >= 0.6 is 0 Å². The van der Waals surface area contributed by atoms with Crippen LogP contribution in [0.3, 0.4) is 0 Å². The molecule has 0 atom stereocenters. The molecule has 11 nitrogen and oxygen atoms in total. The van der Waals surface area contributed by atoms with Crippen LogP contribution in [0.4, 0.5) is 11.6 Å². The molecule has 0 spiro atoms. The van der Waals surface area contributed by atoms with Gasteiger partial charge in [-0.2, -0.15) is 0 Å². The predicted octanol–water partition coefficient (Wildman–Crippen LogP) is -0.921. The highest BCUT2D eigenvalue weighted by molar-refractivity contribution is 5.67. The Bertz CT molecular complexity index is 695. The third-order valence-corrected chi connectivity index (χ3v) is 2.21. The summed E-state index contributed by atoms with van der Waals surface area (Å²) in [6.45, 7) is 0. The minimum atomic E-state index is 0.0957. The van der Waals surface area contributed by atoms with E-state index in [2.05, 4.69) is 40.0 Å². The second-order valence-corrected chi connectivity index (χ2v) is 3.38. The van der Waals surface area contributed by atoms with Crippen LogP contribution in [0.5, 0.6) is 0 Å². The van der Waals surface area contributed by atoms with Crippen molar-refractivity contribution in [1.82, 2.24) is 35.4 Å². The van der Waals surface area contributed by atoms with Gasteiger partial charge in [0.15, 0.2) is 28.8 Å². The highest BCUT2D eigenvalue weighted by Gasteiger charge is 2.21. The summed E-state index contributed by atoms with van der Waals surface area (Å²) in [6, 6.07) is 0. The molecule has 3 aromatic heterocycles. The first-order valence-corrected chi connectivity index (χ1v) is 4.74. The van der Waals surface area contributed by atoms with Gasteiger partial charge in [0.1, 0.15) is 0 Å². The lowest BCUT2D eigenvalue weighted by atomic mass is 10.4. The van der Waals surface area contributed by atoms with Crippen LogP contribution in [-0.2, 0) is 7.05 Å². The van der Waals surface area contributed by atoms with E-state index in [-0.39, 0.29) is 28.8 Å². The fraction of sp³-hybridized carbons (Fsp3) is 0.143. The fourth-order valence-corrected chi connectivity index (χ4v) is 1.39. The van der Waals surface area contributed by atoms with E-state index in [1.165, 1.54) is 4.68 Å². The maximum absolute atomic E-state index is 5.58. The van der Waals surface area contributed by atoms with Gasteiger partial charge in [-0.1, -0.05) is 0 Å². The summed E-state index contributed by atoms with van der Waals surface area (Å²) in [5.74, 6) is 0.821. The van der Waals surface area contributed by atoms with E-state index < -0.39 is 0 Å². The van der Waals surface area contributed by atoms with E-state index >= 15 is 0 Å². The average Bonchev–Trinajstić information content (AvgIpc) is 3.00. The van der Waals surface area contributed by atoms with Gasteiger partial charge in [-0.05, 0) is 20.6 Å². The van der Waals surface area contributed by atoms with Crippen molar-refractivity contribution in [3.8, 4) is 23.0 Å². The lowest BCUT2D eigenvalue weighted by Crippen LogP contribution is -1.97. The molecule has 18 heavy (non-hydrogen) atoms. The normalized spacial score (nSPS) is 10.9. The molecule has 0 bridgehead atoms. The lowest BCUT2D eigenvalue weighted by Gasteiger charge is -1.92. The Balaban J connectivity index is 2.13. The van der Waals surface area contributed by atoms with Gasteiger partial charge in [0.2, 0.25) is 5.82 Å². The predicted molar refractivity (Wildman–Crippen MR) is 56.4 cm³/mol. The van der Waals surface area contributed by atoms with E-state index in [9.17, 15) is 0 Å². The van der Waals surface area contributed by atoms with Crippen LogP contribution in [0.2, 0.25) is 0 Å². The molecule has 3 heterocycles. The molecule has 0 aliphatic heterocycles. The van der Waals surface area contributed by atoms with E-state index in [0.29, 0.717) is 5.82 Å². The Hall–Kier alpha value is -2.98. The van der Waals surface area contributed by atoms with Crippen molar-refractivity contribution in [2.75, 3.05) is 11.5 Å². The standard InChI is InChI=1S/C7H7N9O2/c1-16-7(3-5(9)15-18-13-3)10-6(11-16)2-4(8)14-17-12-2/h1H3,(H2,8,14)(H2,9,15). The summed E-state index contributed by atoms with van der Waals surface area (Å²) in [5.41, 5.74) is 11.7. The Morgan fingerprint density at radius 3 is 2.11 bits per heavy atom. The lowest BCUT2D eigenvalue weighted by molar-refractivity contribution is 0.310. The summed E-state index contributed by atoms with van der Waals surface area (Å²) in [7, 11) is 1.66. The van der Waals surface area contributed by atoms with Crippen molar-refractivity contribution >= 4 is 11.6 Å². The number of aromatic nitrogens is 7. The van der Waals surface area contributed by atoms with E-state index in [1.54, 1.807) is 7.05 Å². The van der Waals surface area contributed by atoms with Gasteiger partial charge in [0, 0.05) is 7.05 Å². The number of anilines is 2. The SMILES string of the molecule is Cn1nc(-c2nonc2N)nc1-c1nonc1N. The minimum Gasteiger partial charge on any atom is -0.379 e. The number of nitrogen functional groups attached to an aromatic ring is 2. The zero-order valence-electron chi connectivity index (χ0n) is 9.10. The van der Waals surface area contributed by atoms with Crippen LogP contribution in [0, 0.1) is 0 Å². The van der Waals surface area contributed by atoms with Gasteiger partial charge >= 0.3 is 0 Å². The third-order valence-electron chi connectivity index (χ3n) is 2.21. The van der Waals surface area contributed by atoms with E-state index in [0.717, 1.165) is 0 Å². The Kier molecular flexibility index (Phi) is 1.99. The molecule has 0 fully saturated rings. The molecule has 0 unspecified atom stereocenters. The summed E-state index contributed by atoms with van der Waals surface area (Å²) in [6.07, 6.45) is 0. The number of hydrogen-bond acceptors (Lipinski definition) is 10. The first kappa shape index (κ1) is 10.2. The monoisotopic (exact) mass is 249 g/mol. The van der Waals surface area contributed by atoms with Gasteiger partial charge in [0.25, 0.3) is 0 Å². The van der Waals surface area contributed by atoms with Crippen molar-refractivity contribution in [3.63, 3.8) is 0 Å². The largest absolute Gasteiger partial charge is 0.379 e. The summed E-state index contributed by atoms with van der Waals surface area (Å²) < 4.78 is 10.4. The Labute approximate surface area is 98.7 Å². The van der Waals surface area contributed by atoms with Crippen molar-refractivity contribution in [1.29, 1.82) is 0 Å². The first-order valence-electron chi connectivity index (χ1n) is 4.74. The van der Waals surface area contributed by atoms with Gasteiger partial charge in [-0.3, -0.25) is 0 Å². The maximum Gasteiger partial charge on any atom is 0.207 e. The zero-order valence-corrected chi connectivity index (χ0v) is 9.10. The van der Waals surface area contributed by atoms with Crippen LogP contribution in [0.15, 0.2) is 9.26 Å². The number of rotatable bonds is 2. The van der Waals surface area contributed by atoms with Gasteiger partial charge in [-0.25, -0.2) is 18.9 Å². The van der Waals surface area contributed by atoms with E-state index in [1.807, 2.05) is 0 Å². The molecule has 0 saturated carbocycles. The molecular weight excluding hydrogens is 242 g/mol. The fourth-order valence-electron chi connectivity index (χ4n) is 1.39.